The summed E-state index contributed by atoms with van der Waals surface area (Å²) in [6.07, 6.45) is 0.597. The van der Waals surface area contributed by atoms with E-state index in [1.807, 2.05) is 24.3 Å². The number of hydrogen-bond acceptors (Lipinski definition) is 5. The van der Waals surface area contributed by atoms with Crippen LogP contribution < -0.4 is 10.6 Å². The van der Waals surface area contributed by atoms with Crippen molar-refractivity contribution < 1.29 is 22.7 Å². The maximum atomic E-state index is 13.0. The molecule has 1 saturated heterocycles. The third-order valence-electron chi connectivity index (χ3n) is 4.79. The lowest BCUT2D eigenvalue weighted by atomic mass is 9.99. The first-order valence-electron chi connectivity index (χ1n) is 9.31. The van der Waals surface area contributed by atoms with Gasteiger partial charge in [0.2, 0.25) is 15.9 Å². The zero-order valence-electron chi connectivity index (χ0n) is 16.3. The van der Waals surface area contributed by atoms with Crippen molar-refractivity contribution in [2.75, 3.05) is 30.8 Å². The Morgan fingerprint density at radius 2 is 1.63 bits per heavy atom. The van der Waals surface area contributed by atoms with Crippen LogP contribution in [0, 0.1) is 9.49 Å². The van der Waals surface area contributed by atoms with Gasteiger partial charge in [0.05, 0.1) is 17.9 Å². The van der Waals surface area contributed by atoms with Gasteiger partial charge in [-0.3, -0.25) is 10.1 Å². The quantitative estimate of drug-likeness (QED) is 0.562. The SMILES string of the molecule is COC(=O)Nc1ccc(S(=O)(=O)N2CCCC(C(=O)Nc3ccc(I)cc3)C2)cc1. The molecule has 0 spiro atoms. The van der Waals surface area contributed by atoms with Gasteiger partial charge in [-0.2, -0.15) is 4.31 Å². The summed E-state index contributed by atoms with van der Waals surface area (Å²) in [4.78, 5) is 24.0. The second kappa shape index (κ2) is 9.75. The Bertz CT molecular complexity index is 1010. The van der Waals surface area contributed by atoms with Crippen molar-refractivity contribution in [1.82, 2.24) is 4.31 Å². The minimum atomic E-state index is -3.75. The number of nitrogens with zero attached hydrogens (tertiary/aromatic N) is 1. The van der Waals surface area contributed by atoms with Crippen molar-refractivity contribution in [2.24, 2.45) is 5.92 Å². The summed E-state index contributed by atoms with van der Waals surface area (Å²) in [5, 5.41) is 5.34. The number of ether oxygens (including phenoxy) is 1. The number of piperidine rings is 1. The second-order valence-corrected chi connectivity index (χ2v) is 10.0. The highest BCUT2D eigenvalue weighted by Gasteiger charge is 2.33. The Hall–Kier alpha value is -2.18. The van der Waals surface area contributed by atoms with Crippen molar-refractivity contribution in [3.8, 4) is 0 Å². The molecule has 0 radical (unpaired) electrons. The third-order valence-corrected chi connectivity index (χ3v) is 7.39. The number of anilines is 2. The van der Waals surface area contributed by atoms with E-state index in [-0.39, 0.29) is 17.3 Å². The summed E-state index contributed by atoms with van der Waals surface area (Å²) < 4.78 is 33.0. The van der Waals surface area contributed by atoms with Crippen molar-refractivity contribution in [3.05, 3.63) is 52.1 Å². The van der Waals surface area contributed by atoms with Gasteiger partial charge in [0.1, 0.15) is 0 Å². The Morgan fingerprint density at radius 1 is 1.03 bits per heavy atom. The molecule has 30 heavy (non-hydrogen) atoms. The van der Waals surface area contributed by atoms with Crippen LogP contribution in [0.4, 0.5) is 16.2 Å². The Labute approximate surface area is 189 Å². The molecule has 1 unspecified atom stereocenters. The van der Waals surface area contributed by atoms with E-state index in [1.165, 1.54) is 35.7 Å². The van der Waals surface area contributed by atoms with E-state index in [0.29, 0.717) is 30.8 Å². The van der Waals surface area contributed by atoms with E-state index in [1.54, 1.807) is 0 Å². The number of amides is 2. The number of carbonyl (C=O) groups is 2. The Morgan fingerprint density at radius 3 is 2.27 bits per heavy atom. The lowest BCUT2D eigenvalue weighted by molar-refractivity contribution is -0.120. The minimum Gasteiger partial charge on any atom is -0.453 e. The van der Waals surface area contributed by atoms with Gasteiger partial charge < -0.3 is 10.1 Å². The second-order valence-electron chi connectivity index (χ2n) is 6.84. The number of rotatable bonds is 5. The standard InChI is InChI=1S/C20H22IN3O5S/c1-29-20(26)23-17-8-10-18(11-9-17)30(27,28)24-12-2-3-14(13-24)19(25)22-16-6-4-15(21)5-7-16/h4-11,14H,2-3,12-13H2,1H3,(H,22,25)(H,23,26). The molecule has 2 aromatic carbocycles. The number of benzene rings is 2. The monoisotopic (exact) mass is 543 g/mol. The summed E-state index contributed by atoms with van der Waals surface area (Å²) in [6.45, 7) is 0.485. The van der Waals surface area contributed by atoms with Crippen molar-refractivity contribution in [1.29, 1.82) is 0 Å². The van der Waals surface area contributed by atoms with Gasteiger partial charge >= 0.3 is 6.09 Å². The topological polar surface area (TPSA) is 105 Å². The van der Waals surface area contributed by atoms with E-state index in [4.69, 9.17) is 0 Å². The number of carbonyl (C=O) groups excluding carboxylic acids is 2. The van der Waals surface area contributed by atoms with Gasteiger partial charge in [-0.25, -0.2) is 13.2 Å². The highest BCUT2D eigenvalue weighted by Crippen LogP contribution is 2.26. The smallest absolute Gasteiger partial charge is 0.411 e. The van der Waals surface area contributed by atoms with Gasteiger partial charge in [-0.05, 0) is 84.0 Å². The van der Waals surface area contributed by atoms with E-state index >= 15 is 0 Å². The number of sulfonamides is 1. The van der Waals surface area contributed by atoms with Crippen LogP contribution in [-0.2, 0) is 19.6 Å². The molecule has 1 aliphatic heterocycles. The molecule has 0 saturated carbocycles. The summed E-state index contributed by atoms with van der Waals surface area (Å²) >= 11 is 2.19. The molecule has 1 aliphatic rings. The van der Waals surface area contributed by atoms with E-state index in [9.17, 15) is 18.0 Å². The van der Waals surface area contributed by atoms with E-state index in [0.717, 1.165) is 3.57 Å². The van der Waals surface area contributed by atoms with Crippen LogP contribution in [-0.4, -0.2) is 44.9 Å². The molecule has 0 bridgehead atoms. The van der Waals surface area contributed by atoms with Gasteiger partial charge in [-0.15, -0.1) is 0 Å². The molecule has 1 heterocycles. The maximum Gasteiger partial charge on any atom is 0.411 e. The predicted molar refractivity (Wildman–Crippen MR) is 122 cm³/mol. The lowest BCUT2D eigenvalue weighted by Crippen LogP contribution is -2.43. The lowest BCUT2D eigenvalue weighted by Gasteiger charge is -2.31. The zero-order chi connectivity index (χ0) is 21.7. The molecule has 0 aromatic heterocycles. The fraction of sp³-hybridized carbons (Fsp3) is 0.300. The number of methoxy groups -OCH3 is 1. The van der Waals surface area contributed by atoms with Crippen LogP contribution in [0.3, 0.4) is 0 Å². The zero-order valence-corrected chi connectivity index (χ0v) is 19.3. The van der Waals surface area contributed by atoms with Crippen LogP contribution in [0.5, 0.6) is 0 Å². The molecule has 1 fully saturated rings. The molecule has 8 nitrogen and oxygen atoms in total. The third kappa shape index (κ3) is 5.49. The maximum absolute atomic E-state index is 13.0. The Balaban J connectivity index is 1.68. The summed E-state index contributed by atoms with van der Waals surface area (Å²) in [5.74, 6) is -0.609. The van der Waals surface area contributed by atoms with E-state index < -0.39 is 22.0 Å². The molecule has 2 N–H and O–H groups in total. The molecule has 160 valence electrons. The highest BCUT2D eigenvalue weighted by molar-refractivity contribution is 14.1. The highest BCUT2D eigenvalue weighted by atomic mass is 127. The normalized spacial score (nSPS) is 17.2. The predicted octanol–water partition coefficient (Wildman–Crippen LogP) is 3.51. The summed E-state index contributed by atoms with van der Waals surface area (Å²) in [7, 11) is -2.50. The first-order valence-corrected chi connectivity index (χ1v) is 11.8. The Kier molecular flexibility index (Phi) is 7.32. The molecule has 3 rings (SSSR count). The number of nitrogens with one attached hydrogen (secondary N) is 2. The number of hydrogen-bond donors (Lipinski definition) is 2. The van der Waals surface area contributed by atoms with Crippen molar-refractivity contribution in [3.63, 3.8) is 0 Å². The largest absolute Gasteiger partial charge is 0.453 e. The van der Waals surface area contributed by atoms with Crippen molar-refractivity contribution in [2.45, 2.75) is 17.7 Å². The van der Waals surface area contributed by atoms with Crippen LogP contribution in [0.2, 0.25) is 0 Å². The van der Waals surface area contributed by atoms with Gasteiger partial charge in [-0.1, -0.05) is 0 Å². The molecule has 1 atom stereocenters. The van der Waals surface area contributed by atoms with Crippen LogP contribution in [0.15, 0.2) is 53.4 Å². The van der Waals surface area contributed by atoms with Crippen LogP contribution in [0.25, 0.3) is 0 Å². The summed E-state index contributed by atoms with van der Waals surface area (Å²) in [5.41, 5.74) is 1.11. The molecule has 10 heteroatoms. The molecular formula is C20H22IN3O5S. The molecular weight excluding hydrogens is 521 g/mol. The minimum absolute atomic E-state index is 0.108. The average Bonchev–Trinajstić information content (AvgIpc) is 2.75. The van der Waals surface area contributed by atoms with Crippen LogP contribution >= 0.6 is 22.6 Å². The average molecular weight is 543 g/mol. The van der Waals surface area contributed by atoms with Gasteiger partial charge in [0.25, 0.3) is 0 Å². The molecule has 2 aromatic rings. The summed E-state index contributed by atoms with van der Waals surface area (Å²) in [6, 6.07) is 13.3. The van der Waals surface area contributed by atoms with E-state index in [2.05, 4.69) is 38.0 Å². The van der Waals surface area contributed by atoms with Gasteiger partial charge in [0.15, 0.2) is 0 Å². The van der Waals surface area contributed by atoms with Crippen LogP contribution in [0.1, 0.15) is 12.8 Å². The molecule has 0 aliphatic carbocycles. The number of halogens is 1. The van der Waals surface area contributed by atoms with Gasteiger partial charge in [0, 0.05) is 28.0 Å². The molecule has 2 amide bonds. The first kappa shape index (κ1) is 22.5. The first-order chi connectivity index (χ1) is 14.3. The fourth-order valence-corrected chi connectivity index (χ4v) is 5.06. The van der Waals surface area contributed by atoms with Crippen molar-refractivity contribution >= 4 is 56.0 Å². The fourth-order valence-electron chi connectivity index (χ4n) is 3.18.